The van der Waals surface area contributed by atoms with Crippen LogP contribution in [0.15, 0.2) is 218 Å². The number of hydrogen-bond donors (Lipinski definition) is 0. The minimum Gasteiger partial charge on any atom is -0.310 e. The molecule has 2 aliphatic rings. The van der Waals surface area contributed by atoms with E-state index in [0.29, 0.717) is 0 Å². The molecular weight excluding hydrogens is 719 g/mol. The van der Waals surface area contributed by atoms with Gasteiger partial charge in [0, 0.05) is 43.2 Å². The van der Waals surface area contributed by atoms with Gasteiger partial charge in [0.15, 0.2) is 0 Å². The molecule has 58 heavy (non-hydrogen) atoms. The smallest absolute Gasteiger partial charge is 0.0727 e. The van der Waals surface area contributed by atoms with Crippen molar-refractivity contribution >= 4 is 48.6 Å². The maximum absolute atomic E-state index is 2.43. The van der Waals surface area contributed by atoms with Crippen molar-refractivity contribution in [1.82, 2.24) is 0 Å². The first kappa shape index (κ1) is 33.2. The Kier molecular flexibility index (Phi) is 7.45. The lowest BCUT2D eigenvalue weighted by molar-refractivity contribution is 0.778. The Balaban J connectivity index is 1.06. The van der Waals surface area contributed by atoms with E-state index in [4.69, 9.17) is 0 Å². The number of nitrogens with zero attached hydrogens (tertiary/aromatic N) is 1. The Morgan fingerprint density at radius 3 is 1.69 bits per heavy atom. The van der Waals surface area contributed by atoms with Crippen molar-refractivity contribution in [2.75, 3.05) is 4.90 Å². The van der Waals surface area contributed by atoms with E-state index in [2.05, 4.69) is 223 Å². The molecule has 0 aliphatic heterocycles. The molecule has 2 heteroatoms. The number of thiophene rings is 1. The molecule has 9 aromatic carbocycles. The van der Waals surface area contributed by atoms with Gasteiger partial charge in [-0.15, -0.1) is 11.3 Å². The van der Waals surface area contributed by atoms with Crippen molar-refractivity contribution in [1.29, 1.82) is 0 Å². The van der Waals surface area contributed by atoms with Gasteiger partial charge in [0.2, 0.25) is 0 Å². The van der Waals surface area contributed by atoms with Crippen molar-refractivity contribution in [3.63, 3.8) is 0 Å². The van der Waals surface area contributed by atoms with Gasteiger partial charge in [-0.25, -0.2) is 0 Å². The number of rotatable bonds is 6. The van der Waals surface area contributed by atoms with Crippen LogP contribution in [0.25, 0.3) is 42.4 Å². The normalized spacial score (nSPS) is 14.5. The van der Waals surface area contributed by atoms with Crippen LogP contribution < -0.4 is 4.90 Å². The highest BCUT2D eigenvalue weighted by atomic mass is 32.1. The zero-order chi connectivity index (χ0) is 38.2. The van der Waals surface area contributed by atoms with Crippen LogP contribution in [0.5, 0.6) is 0 Å². The van der Waals surface area contributed by atoms with Gasteiger partial charge in [-0.05, 0) is 97.6 Å². The summed E-state index contributed by atoms with van der Waals surface area (Å²) in [6.45, 7) is 0. The second kappa shape index (κ2) is 13.0. The van der Waals surface area contributed by atoms with E-state index >= 15 is 0 Å². The number of benzene rings is 9. The predicted molar refractivity (Wildman–Crippen MR) is 244 cm³/mol. The maximum Gasteiger partial charge on any atom is 0.0727 e. The number of para-hydroxylation sites is 1. The minimum atomic E-state index is -0.452. The van der Waals surface area contributed by atoms with Crippen LogP contribution in [0, 0.1) is 0 Å². The van der Waals surface area contributed by atoms with Gasteiger partial charge in [-0.2, -0.15) is 0 Å². The third-order valence-corrected chi connectivity index (χ3v) is 13.8. The molecule has 0 spiro atoms. The molecule has 1 nitrogen and oxygen atoms in total. The molecule has 1 heterocycles. The highest BCUT2D eigenvalue weighted by Crippen LogP contribution is 2.58. The average molecular weight is 756 g/mol. The fourth-order valence-corrected chi connectivity index (χ4v) is 11.6. The predicted octanol–water partition coefficient (Wildman–Crippen LogP) is 15.0. The summed E-state index contributed by atoms with van der Waals surface area (Å²) in [4.78, 5) is 2.43. The molecule has 1 atom stereocenters. The van der Waals surface area contributed by atoms with Crippen LogP contribution in [0.3, 0.4) is 0 Å². The van der Waals surface area contributed by atoms with Gasteiger partial charge in [-0.3, -0.25) is 0 Å². The van der Waals surface area contributed by atoms with Crippen molar-refractivity contribution in [3.8, 4) is 22.3 Å². The van der Waals surface area contributed by atoms with E-state index in [1.54, 1.807) is 0 Å². The molecule has 272 valence electrons. The van der Waals surface area contributed by atoms with E-state index in [1.807, 2.05) is 11.3 Å². The van der Waals surface area contributed by atoms with Crippen LogP contribution in [0.4, 0.5) is 17.1 Å². The lowest BCUT2D eigenvalue weighted by Gasteiger charge is -2.34. The first-order valence-corrected chi connectivity index (χ1v) is 20.9. The molecule has 10 aromatic rings. The molecule has 0 amide bonds. The van der Waals surface area contributed by atoms with E-state index in [1.165, 1.54) is 81.4 Å². The Morgan fingerprint density at radius 2 is 0.948 bits per heavy atom. The van der Waals surface area contributed by atoms with E-state index in [-0.39, 0.29) is 5.92 Å². The number of fused-ring (bicyclic) bond motifs is 9. The van der Waals surface area contributed by atoms with Crippen LogP contribution in [-0.2, 0) is 5.41 Å². The summed E-state index contributed by atoms with van der Waals surface area (Å²) in [6.07, 6.45) is 0. The van der Waals surface area contributed by atoms with Gasteiger partial charge in [0.25, 0.3) is 0 Å². The SMILES string of the molecule is c1ccc(C2c3ccccc3-c3cc(N(c4ccccc4)c4ccc5c(c4)sc4c(C6(c7ccccc7)c7ccccc7-c7ccccc76)cccc45)ccc32)cc1. The highest BCUT2D eigenvalue weighted by molar-refractivity contribution is 7.26. The maximum atomic E-state index is 2.43. The summed E-state index contributed by atoms with van der Waals surface area (Å²) in [5, 5.41) is 2.59. The molecule has 12 rings (SSSR count). The summed E-state index contributed by atoms with van der Waals surface area (Å²) in [7, 11) is 0. The minimum absolute atomic E-state index is 0.216. The standard InChI is InChI=1S/C56H37NS/c1-4-17-37(18-5-1)54-46-26-11-10-23-42(46)49-35-40(32-34-47(49)54)57(39-21-8-3-9-22-39)41-31-33-45-48-27-16-30-52(55(48)58-53(45)36-41)56(38-19-6-2-7-20-38)50-28-14-12-24-43(50)44-25-13-15-29-51(44)56/h1-36,54H. The molecule has 0 radical (unpaired) electrons. The molecule has 2 aliphatic carbocycles. The molecule has 1 aromatic heterocycles. The summed E-state index contributed by atoms with van der Waals surface area (Å²) in [6, 6.07) is 81.1. The number of hydrogen-bond acceptors (Lipinski definition) is 2. The van der Waals surface area contributed by atoms with Gasteiger partial charge in [-0.1, -0.05) is 182 Å². The molecule has 0 saturated carbocycles. The number of anilines is 3. The second-order valence-electron chi connectivity index (χ2n) is 15.5. The fourth-order valence-electron chi connectivity index (χ4n) is 10.3. The zero-order valence-corrected chi connectivity index (χ0v) is 32.5. The van der Waals surface area contributed by atoms with Gasteiger partial charge in [0.1, 0.15) is 0 Å². The van der Waals surface area contributed by atoms with Gasteiger partial charge in [0.05, 0.1) is 5.41 Å². The lowest BCUT2D eigenvalue weighted by atomic mass is 9.67. The van der Waals surface area contributed by atoms with Crippen molar-refractivity contribution in [2.45, 2.75) is 11.3 Å². The molecule has 0 fully saturated rings. The first-order chi connectivity index (χ1) is 28.8. The topological polar surface area (TPSA) is 3.24 Å². The van der Waals surface area contributed by atoms with Crippen LogP contribution in [0.2, 0.25) is 0 Å². The molecule has 1 unspecified atom stereocenters. The summed E-state index contributed by atoms with van der Waals surface area (Å²) >= 11 is 1.92. The Bertz CT molecular complexity index is 3130. The molecule has 0 N–H and O–H groups in total. The van der Waals surface area contributed by atoms with Crippen LogP contribution in [0.1, 0.15) is 44.9 Å². The van der Waals surface area contributed by atoms with Crippen molar-refractivity contribution < 1.29 is 0 Å². The van der Waals surface area contributed by atoms with Gasteiger partial charge < -0.3 is 4.90 Å². The zero-order valence-electron chi connectivity index (χ0n) is 31.7. The first-order valence-electron chi connectivity index (χ1n) is 20.1. The van der Waals surface area contributed by atoms with Crippen molar-refractivity contribution in [2.24, 2.45) is 0 Å². The largest absolute Gasteiger partial charge is 0.310 e. The van der Waals surface area contributed by atoms with Crippen LogP contribution in [-0.4, -0.2) is 0 Å². The Morgan fingerprint density at radius 1 is 0.379 bits per heavy atom. The Labute approximate surface area is 342 Å². The lowest BCUT2D eigenvalue weighted by Crippen LogP contribution is -2.28. The molecular formula is C56H37NS. The summed E-state index contributed by atoms with van der Waals surface area (Å²) in [5.41, 5.74) is 17.6. The molecule has 0 bridgehead atoms. The van der Waals surface area contributed by atoms with Gasteiger partial charge >= 0.3 is 0 Å². The monoisotopic (exact) mass is 755 g/mol. The van der Waals surface area contributed by atoms with E-state index in [9.17, 15) is 0 Å². The second-order valence-corrected chi connectivity index (χ2v) is 16.6. The van der Waals surface area contributed by atoms with Crippen molar-refractivity contribution in [3.05, 3.63) is 257 Å². The molecule has 0 saturated heterocycles. The summed E-state index contributed by atoms with van der Waals surface area (Å²) < 4.78 is 2.61. The quantitative estimate of drug-likeness (QED) is 0.163. The summed E-state index contributed by atoms with van der Waals surface area (Å²) in [5.74, 6) is 0.216. The fraction of sp³-hybridized carbons (Fsp3) is 0.0357. The Hall–Kier alpha value is -7.00. The highest BCUT2D eigenvalue weighted by Gasteiger charge is 2.47. The average Bonchev–Trinajstić information content (AvgIpc) is 3.94. The van der Waals surface area contributed by atoms with E-state index < -0.39 is 5.41 Å². The van der Waals surface area contributed by atoms with E-state index in [0.717, 1.165) is 17.1 Å². The third kappa shape index (κ3) is 4.76. The van der Waals surface area contributed by atoms with Crippen LogP contribution >= 0.6 is 11.3 Å². The third-order valence-electron chi connectivity index (χ3n) is 12.6.